The molecule has 1 aromatic rings. The Morgan fingerprint density at radius 1 is 1.09 bits per heavy atom. The lowest BCUT2D eigenvalue weighted by Gasteiger charge is -2.18. The van der Waals surface area contributed by atoms with E-state index in [0.29, 0.717) is 31.2 Å². The maximum Gasteiger partial charge on any atom is 0.253 e. The minimum absolute atomic E-state index is 0. The van der Waals surface area contributed by atoms with Gasteiger partial charge >= 0.3 is 0 Å². The maximum absolute atomic E-state index is 12.7. The number of fused-ring (bicyclic) bond motifs is 5. The largest absolute Gasteiger partial charge is 0.356 e. The number of amides is 3. The maximum atomic E-state index is 12.7. The summed E-state index contributed by atoms with van der Waals surface area (Å²) in [6, 6.07) is 7.61. The van der Waals surface area contributed by atoms with Crippen molar-refractivity contribution in [1.29, 1.82) is 0 Å². The predicted molar refractivity (Wildman–Crippen MR) is 137 cm³/mol. The normalized spacial score (nSPS) is 25.2. The van der Waals surface area contributed by atoms with Gasteiger partial charge in [0.1, 0.15) is 0 Å². The van der Waals surface area contributed by atoms with Crippen molar-refractivity contribution in [2.75, 3.05) is 40.8 Å². The van der Waals surface area contributed by atoms with Crippen LogP contribution in [0.5, 0.6) is 0 Å². The van der Waals surface area contributed by atoms with Gasteiger partial charge < -0.3 is 15.5 Å². The molecule has 3 amide bonds. The molecule has 178 valence electrons. The number of likely N-dealkylation sites (tertiary alicyclic amines) is 1. The summed E-state index contributed by atoms with van der Waals surface area (Å²) < 4.78 is 0. The van der Waals surface area contributed by atoms with Crippen molar-refractivity contribution in [3.8, 4) is 0 Å². The third-order valence-corrected chi connectivity index (χ3v) is 6.70. The molecule has 2 fully saturated rings. The first-order chi connectivity index (χ1) is 15.4. The average Bonchev–Trinajstić information content (AvgIpc) is 3.47. The molecule has 1 saturated heterocycles. The lowest BCUT2D eigenvalue weighted by molar-refractivity contribution is -0.140. The molecule has 4 unspecified atom stereocenters. The summed E-state index contributed by atoms with van der Waals surface area (Å²) in [7, 11) is 5.16. The minimum Gasteiger partial charge on any atom is -0.356 e. The van der Waals surface area contributed by atoms with E-state index in [4.69, 9.17) is 0 Å². The summed E-state index contributed by atoms with van der Waals surface area (Å²) in [4.78, 5) is 44.8. The fourth-order valence-electron chi connectivity index (χ4n) is 5.13. The van der Waals surface area contributed by atoms with E-state index in [0.717, 1.165) is 18.4 Å². The molecule has 33 heavy (non-hydrogen) atoms. The zero-order chi connectivity index (χ0) is 22.8. The Morgan fingerprint density at radius 3 is 2.33 bits per heavy atom. The molecular weight excluding hydrogens is 533 g/mol. The number of halogens is 1. The topological polar surface area (TPSA) is 94.1 Å². The Kier molecular flexibility index (Phi) is 8.14. The van der Waals surface area contributed by atoms with Crippen LogP contribution in [0.25, 0.3) is 0 Å². The van der Waals surface area contributed by atoms with E-state index in [9.17, 15) is 14.4 Å². The number of carbonyl (C=O) groups excluding carboxylic acids is 3. The van der Waals surface area contributed by atoms with Gasteiger partial charge in [-0.15, -0.1) is 24.0 Å². The quantitative estimate of drug-likeness (QED) is 0.172. The number of aliphatic imine (C=N–C) groups is 1. The first kappa shape index (κ1) is 25.2. The lowest BCUT2D eigenvalue weighted by atomic mass is 9.85. The summed E-state index contributed by atoms with van der Waals surface area (Å²) >= 11 is 0. The van der Waals surface area contributed by atoms with Gasteiger partial charge in [-0.1, -0.05) is 24.3 Å². The first-order valence-corrected chi connectivity index (χ1v) is 11.2. The molecule has 1 aromatic carbocycles. The second-order valence-corrected chi connectivity index (χ2v) is 8.90. The SMILES string of the molecule is CN=C(NCCc1cccc(C(=O)N(C)C)c1)NCCN1C(=O)C2C3C=CC(C3)C2C1=O.I. The van der Waals surface area contributed by atoms with Crippen molar-refractivity contribution in [3.63, 3.8) is 0 Å². The van der Waals surface area contributed by atoms with Gasteiger partial charge in [-0.25, -0.2) is 0 Å². The molecule has 0 aromatic heterocycles. The van der Waals surface area contributed by atoms with Crippen molar-refractivity contribution in [3.05, 3.63) is 47.5 Å². The van der Waals surface area contributed by atoms with Crippen LogP contribution in [-0.2, 0) is 16.0 Å². The molecule has 4 rings (SSSR count). The molecule has 8 nitrogen and oxygen atoms in total. The van der Waals surface area contributed by atoms with E-state index < -0.39 is 0 Å². The van der Waals surface area contributed by atoms with E-state index >= 15 is 0 Å². The number of carbonyl (C=O) groups is 3. The molecule has 0 spiro atoms. The molecule has 1 saturated carbocycles. The molecule has 2 N–H and O–H groups in total. The highest BCUT2D eigenvalue weighted by molar-refractivity contribution is 14.0. The van der Waals surface area contributed by atoms with E-state index in [1.807, 2.05) is 24.3 Å². The highest BCUT2D eigenvalue weighted by Crippen LogP contribution is 2.52. The van der Waals surface area contributed by atoms with Crippen LogP contribution in [-0.4, -0.2) is 74.3 Å². The van der Waals surface area contributed by atoms with E-state index in [1.54, 1.807) is 26.0 Å². The van der Waals surface area contributed by atoms with Crippen molar-refractivity contribution < 1.29 is 14.4 Å². The summed E-state index contributed by atoms with van der Waals surface area (Å²) in [6.07, 6.45) is 5.90. The molecule has 1 aliphatic heterocycles. The molecule has 3 aliphatic rings. The zero-order valence-electron chi connectivity index (χ0n) is 19.3. The number of benzene rings is 1. The van der Waals surface area contributed by atoms with Gasteiger partial charge in [0.15, 0.2) is 5.96 Å². The predicted octanol–water partition coefficient (Wildman–Crippen LogP) is 1.52. The fraction of sp³-hybridized carbons (Fsp3) is 0.500. The van der Waals surface area contributed by atoms with Gasteiger partial charge in [-0.05, 0) is 42.4 Å². The number of nitrogens with one attached hydrogen (secondary N) is 2. The highest BCUT2D eigenvalue weighted by atomic mass is 127. The number of imide groups is 1. The summed E-state index contributed by atoms with van der Waals surface area (Å²) in [6.45, 7) is 1.44. The van der Waals surface area contributed by atoms with Crippen LogP contribution in [0.1, 0.15) is 22.3 Å². The van der Waals surface area contributed by atoms with Crippen LogP contribution in [0.4, 0.5) is 0 Å². The lowest BCUT2D eigenvalue weighted by Crippen LogP contribution is -2.44. The van der Waals surface area contributed by atoms with Crippen molar-refractivity contribution >= 4 is 47.7 Å². The van der Waals surface area contributed by atoms with Gasteiger partial charge in [0.25, 0.3) is 5.91 Å². The molecule has 0 radical (unpaired) electrons. The van der Waals surface area contributed by atoms with Gasteiger partial charge in [0.2, 0.25) is 11.8 Å². The third kappa shape index (κ3) is 5.07. The molecule has 9 heteroatoms. The fourth-order valence-corrected chi connectivity index (χ4v) is 5.13. The van der Waals surface area contributed by atoms with Crippen molar-refractivity contribution in [2.24, 2.45) is 28.7 Å². The number of rotatable bonds is 7. The molecule has 1 heterocycles. The Bertz CT molecular complexity index is 947. The van der Waals surface area contributed by atoms with Gasteiger partial charge in [0.05, 0.1) is 11.8 Å². The summed E-state index contributed by atoms with van der Waals surface area (Å²) in [5.74, 6) is 0.737. The number of guanidine groups is 1. The monoisotopic (exact) mass is 565 g/mol. The number of hydrogen-bond acceptors (Lipinski definition) is 4. The molecular formula is C24H32IN5O3. The van der Waals surface area contributed by atoms with Crippen molar-refractivity contribution in [2.45, 2.75) is 12.8 Å². The smallest absolute Gasteiger partial charge is 0.253 e. The van der Waals surface area contributed by atoms with Gasteiger partial charge in [0, 0.05) is 46.3 Å². The van der Waals surface area contributed by atoms with Gasteiger partial charge in [-0.3, -0.25) is 24.3 Å². The van der Waals surface area contributed by atoms with Crippen LogP contribution in [0.2, 0.25) is 0 Å². The zero-order valence-corrected chi connectivity index (χ0v) is 21.6. The molecule has 4 atom stereocenters. The molecule has 2 aliphatic carbocycles. The average molecular weight is 565 g/mol. The van der Waals surface area contributed by atoms with Crippen LogP contribution in [0, 0.1) is 23.7 Å². The standard InChI is InChI=1S/C24H31N5O3.HI/c1-25-24(26-10-9-15-5-4-6-18(13-15)21(30)28(2)3)27-11-12-29-22(31)19-16-7-8-17(14-16)20(19)23(29)32;/h4-8,13,16-17,19-20H,9-12,14H2,1-3H3,(H2,25,26,27);1H. The van der Waals surface area contributed by atoms with Crippen molar-refractivity contribution in [1.82, 2.24) is 20.4 Å². The summed E-state index contributed by atoms with van der Waals surface area (Å²) in [5.41, 5.74) is 1.73. The van der Waals surface area contributed by atoms with Crippen LogP contribution in [0.3, 0.4) is 0 Å². The number of allylic oxidation sites excluding steroid dienone is 2. The third-order valence-electron chi connectivity index (χ3n) is 6.70. The Hall–Kier alpha value is -2.43. The number of nitrogens with zero attached hydrogens (tertiary/aromatic N) is 3. The summed E-state index contributed by atoms with van der Waals surface area (Å²) in [5, 5.41) is 6.43. The second kappa shape index (κ2) is 10.7. The minimum atomic E-state index is -0.148. The van der Waals surface area contributed by atoms with Crippen LogP contribution in [0.15, 0.2) is 41.4 Å². The first-order valence-electron chi connectivity index (χ1n) is 11.2. The van der Waals surface area contributed by atoms with Crippen LogP contribution >= 0.6 is 24.0 Å². The van der Waals surface area contributed by atoms with E-state index in [1.165, 1.54) is 4.90 Å². The highest BCUT2D eigenvalue weighted by Gasteiger charge is 2.58. The Labute approximate surface area is 211 Å². The van der Waals surface area contributed by atoms with Crippen LogP contribution < -0.4 is 10.6 Å². The Balaban J connectivity index is 0.00000306. The van der Waals surface area contributed by atoms with E-state index in [-0.39, 0.29) is 65.4 Å². The number of hydrogen-bond donors (Lipinski definition) is 2. The Morgan fingerprint density at radius 2 is 1.73 bits per heavy atom. The van der Waals surface area contributed by atoms with Gasteiger partial charge in [-0.2, -0.15) is 0 Å². The van der Waals surface area contributed by atoms with E-state index in [2.05, 4.69) is 27.8 Å². The molecule has 2 bridgehead atoms. The second-order valence-electron chi connectivity index (χ2n) is 8.90.